The fraction of sp³-hybridized carbons (Fsp3) is 0.636. The molecule has 86 valence electrons. The van der Waals surface area contributed by atoms with Crippen LogP contribution in [-0.4, -0.2) is 27.5 Å². The van der Waals surface area contributed by atoms with E-state index in [1.807, 2.05) is 0 Å². The Labute approximate surface area is 93.0 Å². The van der Waals surface area contributed by atoms with Crippen molar-refractivity contribution in [1.29, 1.82) is 0 Å². The van der Waals surface area contributed by atoms with Gasteiger partial charge in [-0.15, -0.1) is 0 Å². The molecule has 16 heavy (non-hydrogen) atoms. The Hall–Kier alpha value is -1.52. The molecule has 0 aromatic carbocycles. The Kier molecular flexibility index (Phi) is 2.12. The Morgan fingerprint density at radius 2 is 2.19 bits per heavy atom. The fourth-order valence-corrected chi connectivity index (χ4v) is 2.73. The molecular weight excluding hydrogens is 208 g/mol. The maximum absolute atomic E-state index is 11.2. The van der Waals surface area contributed by atoms with E-state index in [4.69, 9.17) is 9.84 Å². The van der Waals surface area contributed by atoms with Crippen molar-refractivity contribution in [1.82, 2.24) is 9.78 Å². The fourth-order valence-electron chi connectivity index (χ4n) is 2.73. The molecule has 1 saturated carbocycles. The minimum absolute atomic E-state index is 0.196. The molecule has 2 aliphatic rings. The maximum Gasteiger partial charge on any atom is 0.356 e. The summed E-state index contributed by atoms with van der Waals surface area (Å²) in [6.07, 6.45) is 4.47. The molecule has 0 atom stereocenters. The van der Waals surface area contributed by atoms with Crippen LogP contribution in [0.15, 0.2) is 0 Å². The van der Waals surface area contributed by atoms with E-state index < -0.39 is 5.97 Å². The third-order valence-electron chi connectivity index (χ3n) is 3.45. The van der Waals surface area contributed by atoms with Gasteiger partial charge in [0.25, 0.3) is 0 Å². The molecule has 5 nitrogen and oxygen atoms in total. The number of ether oxygens (including phenoxy) is 1. The zero-order valence-electron chi connectivity index (χ0n) is 8.98. The molecule has 3 rings (SSSR count). The highest BCUT2D eigenvalue weighted by atomic mass is 16.5. The Bertz CT molecular complexity index is 433. The normalized spacial score (nSPS) is 19.8. The smallest absolute Gasteiger partial charge is 0.356 e. The number of rotatable bonds is 2. The van der Waals surface area contributed by atoms with Crippen molar-refractivity contribution in [2.24, 2.45) is 0 Å². The molecule has 0 spiro atoms. The second kappa shape index (κ2) is 3.50. The molecule has 0 unspecified atom stereocenters. The number of carbonyl (C=O) groups is 1. The van der Waals surface area contributed by atoms with Gasteiger partial charge in [-0.3, -0.25) is 0 Å². The van der Waals surface area contributed by atoms with E-state index in [0.29, 0.717) is 24.9 Å². The highest BCUT2D eigenvalue weighted by Gasteiger charge is 2.33. The minimum Gasteiger partial charge on any atom is -0.476 e. The van der Waals surface area contributed by atoms with Gasteiger partial charge in [-0.25, -0.2) is 9.48 Å². The first-order valence-electron chi connectivity index (χ1n) is 5.74. The zero-order chi connectivity index (χ0) is 11.1. The van der Waals surface area contributed by atoms with Gasteiger partial charge in [0.1, 0.15) is 6.61 Å². The molecule has 1 N–H and O–H groups in total. The van der Waals surface area contributed by atoms with Gasteiger partial charge >= 0.3 is 5.97 Å². The van der Waals surface area contributed by atoms with Crippen LogP contribution in [0.1, 0.15) is 47.7 Å². The standard InChI is InChI=1S/C11H14N2O3/c14-11(15)9-8(7-3-1-2-4-7)10-13(12-9)5-6-16-10/h7H,1-6H2,(H,14,15). The Morgan fingerprint density at radius 1 is 1.44 bits per heavy atom. The number of carboxylic acid groups (broad SMARTS) is 1. The van der Waals surface area contributed by atoms with Crippen molar-refractivity contribution >= 4 is 5.97 Å². The topological polar surface area (TPSA) is 64.3 Å². The molecular formula is C11H14N2O3. The molecule has 1 aromatic rings. The third kappa shape index (κ3) is 1.31. The first kappa shape index (κ1) is 9.69. The molecule has 0 saturated heterocycles. The van der Waals surface area contributed by atoms with Crippen molar-refractivity contribution in [2.45, 2.75) is 38.1 Å². The maximum atomic E-state index is 11.2. The zero-order valence-corrected chi connectivity index (χ0v) is 8.98. The molecule has 1 fully saturated rings. The summed E-state index contributed by atoms with van der Waals surface area (Å²) in [4.78, 5) is 11.2. The molecule has 1 aliphatic carbocycles. The average molecular weight is 222 g/mol. The van der Waals surface area contributed by atoms with Gasteiger partial charge in [-0.1, -0.05) is 12.8 Å². The summed E-state index contributed by atoms with van der Waals surface area (Å²) in [5.41, 5.74) is 1.03. The lowest BCUT2D eigenvalue weighted by Crippen LogP contribution is -2.07. The number of hydrogen-bond acceptors (Lipinski definition) is 3. The van der Waals surface area contributed by atoms with Crippen LogP contribution in [-0.2, 0) is 6.54 Å². The number of hydrogen-bond donors (Lipinski definition) is 1. The number of aromatic carboxylic acids is 1. The van der Waals surface area contributed by atoms with E-state index in [-0.39, 0.29) is 5.69 Å². The van der Waals surface area contributed by atoms with Gasteiger partial charge in [-0.2, -0.15) is 5.10 Å². The van der Waals surface area contributed by atoms with Crippen LogP contribution in [0.3, 0.4) is 0 Å². The third-order valence-corrected chi connectivity index (χ3v) is 3.45. The number of aromatic nitrogens is 2. The SMILES string of the molecule is O=C(O)c1nn2c(c1C1CCCC1)OCC2. The molecule has 2 heterocycles. The quantitative estimate of drug-likeness (QED) is 0.826. The van der Waals surface area contributed by atoms with Crippen LogP contribution < -0.4 is 4.74 Å². The molecule has 0 bridgehead atoms. The van der Waals surface area contributed by atoms with Crippen molar-refractivity contribution in [3.05, 3.63) is 11.3 Å². The predicted octanol–water partition coefficient (Wildman–Crippen LogP) is 1.63. The van der Waals surface area contributed by atoms with E-state index >= 15 is 0 Å². The summed E-state index contributed by atoms with van der Waals surface area (Å²) in [5, 5.41) is 13.3. The summed E-state index contributed by atoms with van der Waals surface area (Å²) in [7, 11) is 0. The van der Waals surface area contributed by atoms with E-state index in [2.05, 4.69) is 5.10 Å². The Balaban J connectivity index is 2.08. The van der Waals surface area contributed by atoms with Crippen LogP contribution >= 0.6 is 0 Å². The summed E-state index contributed by atoms with van der Waals surface area (Å²) < 4.78 is 7.20. The van der Waals surface area contributed by atoms with E-state index in [9.17, 15) is 4.79 Å². The highest BCUT2D eigenvalue weighted by molar-refractivity contribution is 5.88. The minimum atomic E-state index is -0.938. The van der Waals surface area contributed by atoms with Crippen LogP contribution in [0.2, 0.25) is 0 Å². The van der Waals surface area contributed by atoms with Crippen molar-refractivity contribution in [3.8, 4) is 5.88 Å². The first-order valence-corrected chi connectivity index (χ1v) is 5.74. The van der Waals surface area contributed by atoms with Gasteiger partial charge in [0.15, 0.2) is 5.69 Å². The van der Waals surface area contributed by atoms with Crippen LogP contribution in [0.4, 0.5) is 0 Å². The van der Waals surface area contributed by atoms with Gasteiger partial charge < -0.3 is 9.84 Å². The van der Waals surface area contributed by atoms with Crippen LogP contribution in [0.5, 0.6) is 5.88 Å². The summed E-state index contributed by atoms with van der Waals surface area (Å²) >= 11 is 0. The van der Waals surface area contributed by atoms with Gasteiger partial charge in [0, 0.05) is 0 Å². The molecule has 1 aliphatic heterocycles. The molecule has 1 aromatic heterocycles. The summed E-state index contributed by atoms with van der Waals surface area (Å²) in [6.45, 7) is 1.28. The largest absolute Gasteiger partial charge is 0.476 e. The molecule has 5 heteroatoms. The number of nitrogens with zero attached hydrogens (tertiary/aromatic N) is 2. The highest BCUT2D eigenvalue weighted by Crippen LogP contribution is 2.41. The van der Waals surface area contributed by atoms with Crippen molar-refractivity contribution in [3.63, 3.8) is 0 Å². The second-order valence-electron chi connectivity index (χ2n) is 4.43. The van der Waals surface area contributed by atoms with Crippen LogP contribution in [0, 0.1) is 0 Å². The predicted molar refractivity (Wildman–Crippen MR) is 55.9 cm³/mol. The number of fused-ring (bicyclic) bond motifs is 1. The van der Waals surface area contributed by atoms with E-state index in [1.54, 1.807) is 4.68 Å². The van der Waals surface area contributed by atoms with Gasteiger partial charge in [-0.05, 0) is 18.8 Å². The summed E-state index contributed by atoms with van der Waals surface area (Å²) in [6, 6.07) is 0. The van der Waals surface area contributed by atoms with Gasteiger partial charge in [0.2, 0.25) is 5.88 Å². The van der Waals surface area contributed by atoms with Crippen LogP contribution in [0.25, 0.3) is 0 Å². The first-order chi connectivity index (χ1) is 7.77. The number of carboxylic acids is 1. The second-order valence-corrected chi connectivity index (χ2v) is 4.43. The lowest BCUT2D eigenvalue weighted by Gasteiger charge is -2.09. The lowest BCUT2D eigenvalue weighted by atomic mass is 9.97. The average Bonchev–Trinajstić information content (AvgIpc) is 2.92. The molecule has 0 amide bonds. The van der Waals surface area contributed by atoms with Gasteiger partial charge in [0.05, 0.1) is 12.1 Å². The summed E-state index contributed by atoms with van der Waals surface area (Å²) in [5.74, 6) is 0.0876. The Morgan fingerprint density at radius 3 is 2.88 bits per heavy atom. The van der Waals surface area contributed by atoms with Crippen molar-refractivity contribution < 1.29 is 14.6 Å². The van der Waals surface area contributed by atoms with Crippen molar-refractivity contribution in [2.75, 3.05) is 6.61 Å². The lowest BCUT2D eigenvalue weighted by molar-refractivity contribution is 0.0687. The van der Waals surface area contributed by atoms with E-state index in [1.165, 1.54) is 12.8 Å². The monoisotopic (exact) mass is 222 g/mol. The van der Waals surface area contributed by atoms with E-state index in [0.717, 1.165) is 18.4 Å². The molecule has 0 radical (unpaired) electrons.